The number of piperidine rings is 1. The molecule has 1 amide bonds. The second kappa shape index (κ2) is 9.88. The Morgan fingerprint density at radius 2 is 1.78 bits per heavy atom. The van der Waals surface area contributed by atoms with Gasteiger partial charge in [0.15, 0.2) is 0 Å². The van der Waals surface area contributed by atoms with Crippen molar-refractivity contribution in [1.82, 2.24) is 14.2 Å². The van der Waals surface area contributed by atoms with Crippen LogP contribution in [0.1, 0.15) is 44.1 Å². The molecule has 6 nitrogen and oxygen atoms in total. The van der Waals surface area contributed by atoms with E-state index in [1.54, 1.807) is 16.4 Å². The summed E-state index contributed by atoms with van der Waals surface area (Å²) in [5.74, 6) is 0.270. The Hall–Kier alpha value is -2.64. The van der Waals surface area contributed by atoms with E-state index >= 15 is 0 Å². The summed E-state index contributed by atoms with van der Waals surface area (Å²) in [5.41, 5.74) is 2.15. The maximum absolute atomic E-state index is 12.9. The predicted octanol–water partition coefficient (Wildman–Crippen LogP) is 4.13. The highest BCUT2D eigenvalue weighted by molar-refractivity contribution is 7.89. The Balaban J connectivity index is 1.36. The summed E-state index contributed by atoms with van der Waals surface area (Å²) >= 11 is 0. The summed E-state index contributed by atoms with van der Waals surface area (Å²) in [4.78, 5) is 12.7. The normalized spacial score (nSPS) is 16.2. The van der Waals surface area contributed by atoms with Crippen LogP contribution in [0.3, 0.4) is 0 Å². The summed E-state index contributed by atoms with van der Waals surface area (Å²) in [6, 6.07) is 17.3. The number of nitrogens with one attached hydrogen (secondary N) is 1. The topological polar surface area (TPSA) is 71.4 Å². The third kappa shape index (κ3) is 5.05. The number of fused-ring (bicyclic) bond motifs is 1. The monoisotopic (exact) mass is 453 g/mol. The highest BCUT2D eigenvalue weighted by Gasteiger charge is 2.26. The maximum Gasteiger partial charge on any atom is 0.243 e. The van der Waals surface area contributed by atoms with Crippen LogP contribution in [0.5, 0.6) is 0 Å². The SMILES string of the molecule is C[C@H](CNC(=O)CCn1ccc2cc(S(=O)(=O)N3CCCCC3)ccc21)c1ccccc1. The van der Waals surface area contributed by atoms with Crippen LogP contribution in [0.15, 0.2) is 65.7 Å². The van der Waals surface area contributed by atoms with Crippen molar-refractivity contribution in [3.8, 4) is 0 Å². The van der Waals surface area contributed by atoms with Gasteiger partial charge < -0.3 is 9.88 Å². The molecule has 1 aromatic heterocycles. The minimum absolute atomic E-state index is 0.0129. The zero-order chi connectivity index (χ0) is 22.6. The second-order valence-corrected chi connectivity index (χ2v) is 10.5. The summed E-state index contributed by atoms with van der Waals surface area (Å²) in [7, 11) is -3.45. The van der Waals surface area contributed by atoms with Crippen molar-refractivity contribution in [3.63, 3.8) is 0 Å². The van der Waals surface area contributed by atoms with Crippen molar-refractivity contribution in [3.05, 3.63) is 66.4 Å². The van der Waals surface area contributed by atoms with Crippen LogP contribution in [-0.2, 0) is 21.4 Å². The van der Waals surface area contributed by atoms with E-state index < -0.39 is 10.0 Å². The Bertz CT molecular complexity index is 1170. The zero-order valence-corrected chi connectivity index (χ0v) is 19.4. The number of hydrogen-bond donors (Lipinski definition) is 1. The predicted molar refractivity (Wildman–Crippen MR) is 127 cm³/mol. The van der Waals surface area contributed by atoms with Crippen LogP contribution in [0.2, 0.25) is 0 Å². The first-order valence-corrected chi connectivity index (χ1v) is 12.8. The standard InChI is InChI=1S/C25H31N3O3S/c1-20(21-8-4-2-5-9-21)19-26-25(29)13-17-27-16-12-22-18-23(10-11-24(22)27)32(30,31)28-14-6-3-7-15-28/h2,4-5,8-12,16,18,20H,3,6-7,13-15,17,19H2,1H3,(H,26,29)/t20-/m1/s1. The molecule has 0 unspecified atom stereocenters. The van der Waals surface area contributed by atoms with Crippen molar-refractivity contribution in [1.29, 1.82) is 0 Å². The number of carbonyl (C=O) groups is 1. The van der Waals surface area contributed by atoms with Crippen LogP contribution < -0.4 is 5.32 Å². The summed E-state index contributed by atoms with van der Waals surface area (Å²) in [6.07, 6.45) is 5.22. The van der Waals surface area contributed by atoms with Gasteiger partial charge in [0.25, 0.3) is 0 Å². The second-order valence-electron chi connectivity index (χ2n) is 8.56. The lowest BCUT2D eigenvalue weighted by Gasteiger charge is -2.25. The van der Waals surface area contributed by atoms with Gasteiger partial charge in [-0.3, -0.25) is 4.79 Å². The average molecular weight is 454 g/mol. The molecule has 0 radical (unpaired) electrons. The molecule has 0 saturated carbocycles. The molecule has 1 atom stereocenters. The molecule has 7 heteroatoms. The Morgan fingerprint density at radius 3 is 2.53 bits per heavy atom. The van der Waals surface area contributed by atoms with Crippen LogP contribution in [0, 0.1) is 0 Å². The van der Waals surface area contributed by atoms with Gasteiger partial charge in [-0.2, -0.15) is 4.31 Å². The Labute approximate surface area is 190 Å². The van der Waals surface area contributed by atoms with Crippen molar-refractivity contribution < 1.29 is 13.2 Å². The van der Waals surface area contributed by atoms with Gasteiger partial charge in [-0.15, -0.1) is 0 Å². The molecule has 0 aliphatic carbocycles. The maximum atomic E-state index is 12.9. The molecule has 32 heavy (non-hydrogen) atoms. The van der Waals surface area contributed by atoms with E-state index in [2.05, 4.69) is 24.4 Å². The number of amides is 1. The number of rotatable bonds is 8. The van der Waals surface area contributed by atoms with Crippen LogP contribution in [0.4, 0.5) is 0 Å². The minimum atomic E-state index is -3.45. The number of benzene rings is 2. The molecule has 2 heterocycles. The van der Waals surface area contributed by atoms with Crippen molar-refractivity contribution in [2.75, 3.05) is 19.6 Å². The quantitative estimate of drug-likeness (QED) is 0.558. The fraction of sp³-hybridized carbons (Fsp3) is 0.400. The lowest BCUT2D eigenvalue weighted by molar-refractivity contribution is -0.121. The van der Waals surface area contributed by atoms with E-state index in [0.717, 1.165) is 30.2 Å². The first-order valence-electron chi connectivity index (χ1n) is 11.4. The van der Waals surface area contributed by atoms with Gasteiger partial charge in [0.2, 0.25) is 15.9 Å². The molecule has 1 aliphatic rings. The summed E-state index contributed by atoms with van der Waals surface area (Å²) in [5, 5.41) is 3.90. The van der Waals surface area contributed by atoms with Gasteiger partial charge in [-0.25, -0.2) is 8.42 Å². The average Bonchev–Trinajstić information content (AvgIpc) is 3.24. The van der Waals surface area contributed by atoms with Crippen LogP contribution in [0.25, 0.3) is 10.9 Å². The van der Waals surface area contributed by atoms with E-state index in [1.165, 1.54) is 5.56 Å². The number of aryl methyl sites for hydroxylation is 1. The highest BCUT2D eigenvalue weighted by Crippen LogP contribution is 2.25. The molecule has 1 N–H and O–H groups in total. The van der Waals surface area contributed by atoms with E-state index in [-0.39, 0.29) is 11.8 Å². The summed E-state index contributed by atoms with van der Waals surface area (Å²) < 4.78 is 29.5. The van der Waals surface area contributed by atoms with Crippen molar-refractivity contribution in [2.45, 2.75) is 50.0 Å². The molecule has 3 aromatic rings. The largest absolute Gasteiger partial charge is 0.355 e. The minimum Gasteiger partial charge on any atom is -0.355 e. The Kier molecular flexibility index (Phi) is 6.96. The van der Waals surface area contributed by atoms with E-state index in [0.29, 0.717) is 37.5 Å². The fourth-order valence-electron chi connectivity index (χ4n) is 4.26. The van der Waals surface area contributed by atoms with Gasteiger partial charge in [0.1, 0.15) is 0 Å². The van der Waals surface area contributed by atoms with E-state index in [9.17, 15) is 13.2 Å². The molecular weight excluding hydrogens is 422 g/mol. The molecule has 170 valence electrons. The molecular formula is C25H31N3O3S. The lowest BCUT2D eigenvalue weighted by atomic mass is 10.0. The van der Waals surface area contributed by atoms with Gasteiger partial charge in [-0.05, 0) is 48.6 Å². The van der Waals surface area contributed by atoms with Crippen LogP contribution >= 0.6 is 0 Å². The smallest absolute Gasteiger partial charge is 0.243 e. The first-order chi connectivity index (χ1) is 15.4. The first kappa shape index (κ1) is 22.6. The lowest BCUT2D eigenvalue weighted by Crippen LogP contribution is -2.35. The number of hydrogen-bond acceptors (Lipinski definition) is 3. The molecule has 2 aromatic carbocycles. The molecule has 0 bridgehead atoms. The number of nitrogens with zero attached hydrogens (tertiary/aromatic N) is 2. The zero-order valence-electron chi connectivity index (χ0n) is 18.5. The summed E-state index contributed by atoms with van der Waals surface area (Å²) in [6.45, 7) is 4.45. The third-order valence-corrected chi connectivity index (χ3v) is 8.14. The molecule has 1 aliphatic heterocycles. The van der Waals surface area contributed by atoms with Crippen molar-refractivity contribution in [2.24, 2.45) is 0 Å². The molecule has 1 saturated heterocycles. The number of aromatic nitrogens is 1. The number of sulfonamides is 1. The number of carbonyl (C=O) groups excluding carboxylic acids is 1. The third-order valence-electron chi connectivity index (χ3n) is 6.25. The molecule has 4 rings (SSSR count). The Morgan fingerprint density at radius 1 is 1.03 bits per heavy atom. The van der Waals surface area contributed by atoms with E-state index in [1.807, 2.05) is 41.1 Å². The fourth-order valence-corrected chi connectivity index (χ4v) is 5.82. The molecule has 0 spiro atoms. The highest BCUT2D eigenvalue weighted by atomic mass is 32.2. The van der Waals surface area contributed by atoms with Crippen molar-refractivity contribution >= 4 is 26.8 Å². The molecule has 1 fully saturated rings. The van der Waals surface area contributed by atoms with Gasteiger partial charge in [0, 0.05) is 49.7 Å². The van der Waals surface area contributed by atoms with Gasteiger partial charge >= 0.3 is 0 Å². The van der Waals surface area contributed by atoms with Gasteiger partial charge in [-0.1, -0.05) is 43.7 Å². The van der Waals surface area contributed by atoms with E-state index in [4.69, 9.17) is 0 Å². The van der Waals surface area contributed by atoms with Crippen LogP contribution in [-0.4, -0.2) is 42.8 Å². The van der Waals surface area contributed by atoms with Gasteiger partial charge in [0.05, 0.1) is 4.90 Å².